The van der Waals surface area contributed by atoms with E-state index in [-0.39, 0.29) is 5.41 Å². The summed E-state index contributed by atoms with van der Waals surface area (Å²) in [5.41, 5.74) is 1.36. The molecule has 2 rings (SSSR count). The van der Waals surface area contributed by atoms with Crippen LogP contribution in [0.1, 0.15) is 45.2 Å². The number of thiazole rings is 1. The first kappa shape index (κ1) is 14.7. The SMILES string of the molecule is CC(C)NCc1csc(-c2ccc(C(C)(C)C)s2)n1. The standard InChI is InChI=1S/C15H22N2S2/c1-10(2)16-8-11-9-18-14(17-11)12-6-7-13(19-12)15(3,4)5/h6-7,9-10,16H,8H2,1-5H3. The highest BCUT2D eigenvalue weighted by molar-refractivity contribution is 7.21. The van der Waals surface area contributed by atoms with Crippen molar-refractivity contribution in [2.24, 2.45) is 0 Å². The number of thiophene rings is 1. The second-order valence-electron chi connectivity index (χ2n) is 6.09. The van der Waals surface area contributed by atoms with Gasteiger partial charge in [-0.2, -0.15) is 0 Å². The molecule has 104 valence electrons. The molecule has 2 nitrogen and oxygen atoms in total. The molecule has 0 atom stereocenters. The molecule has 0 aliphatic carbocycles. The van der Waals surface area contributed by atoms with Gasteiger partial charge in [0.05, 0.1) is 10.6 Å². The summed E-state index contributed by atoms with van der Waals surface area (Å²) in [5, 5.41) is 6.70. The van der Waals surface area contributed by atoms with Gasteiger partial charge >= 0.3 is 0 Å². The van der Waals surface area contributed by atoms with E-state index < -0.39 is 0 Å². The van der Waals surface area contributed by atoms with Gasteiger partial charge < -0.3 is 5.32 Å². The Morgan fingerprint density at radius 1 is 1.26 bits per heavy atom. The van der Waals surface area contributed by atoms with Crippen LogP contribution in [0.2, 0.25) is 0 Å². The number of hydrogen-bond acceptors (Lipinski definition) is 4. The first-order valence-corrected chi connectivity index (χ1v) is 8.34. The molecular weight excluding hydrogens is 272 g/mol. The summed E-state index contributed by atoms with van der Waals surface area (Å²) in [7, 11) is 0. The summed E-state index contributed by atoms with van der Waals surface area (Å²) in [6.07, 6.45) is 0. The normalized spacial score (nSPS) is 12.3. The summed E-state index contributed by atoms with van der Waals surface area (Å²) in [5.74, 6) is 0. The minimum absolute atomic E-state index is 0.224. The Hall–Kier alpha value is -0.710. The van der Waals surface area contributed by atoms with Crippen molar-refractivity contribution >= 4 is 22.7 Å². The zero-order chi connectivity index (χ0) is 14.0. The van der Waals surface area contributed by atoms with Crippen molar-refractivity contribution in [1.29, 1.82) is 0 Å². The molecule has 2 heterocycles. The van der Waals surface area contributed by atoms with Crippen molar-refractivity contribution in [3.63, 3.8) is 0 Å². The molecule has 0 spiro atoms. The van der Waals surface area contributed by atoms with Crippen LogP contribution in [0.3, 0.4) is 0 Å². The Labute approximate surface area is 123 Å². The van der Waals surface area contributed by atoms with Crippen LogP contribution in [0.15, 0.2) is 17.5 Å². The average molecular weight is 294 g/mol. The maximum absolute atomic E-state index is 4.71. The van der Waals surface area contributed by atoms with Gasteiger partial charge in [0.1, 0.15) is 5.01 Å². The lowest BCUT2D eigenvalue weighted by atomic mass is 9.95. The van der Waals surface area contributed by atoms with Gasteiger partial charge in [0.15, 0.2) is 0 Å². The highest BCUT2D eigenvalue weighted by atomic mass is 32.1. The van der Waals surface area contributed by atoms with Gasteiger partial charge in [-0.25, -0.2) is 4.98 Å². The molecule has 1 N–H and O–H groups in total. The maximum Gasteiger partial charge on any atom is 0.133 e. The monoisotopic (exact) mass is 294 g/mol. The van der Waals surface area contributed by atoms with E-state index in [4.69, 9.17) is 4.98 Å². The Balaban J connectivity index is 2.12. The fraction of sp³-hybridized carbons (Fsp3) is 0.533. The van der Waals surface area contributed by atoms with Crippen LogP contribution in [0.4, 0.5) is 0 Å². The summed E-state index contributed by atoms with van der Waals surface area (Å²) in [6, 6.07) is 4.93. The van der Waals surface area contributed by atoms with Crippen LogP contribution in [-0.4, -0.2) is 11.0 Å². The minimum atomic E-state index is 0.224. The highest BCUT2D eigenvalue weighted by Crippen LogP contribution is 2.36. The van der Waals surface area contributed by atoms with Gasteiger partial charge in [-0.05, 0) is 17.5 Å². The Bertz CT molecular complexity index is 532. The molecule has 19 heavy (non-hydrogen) atoms. The minimum Gasteiger partial charge on any atom is -0.309 e. The molecule has 0 aliphatic rings. The summed E-state index contributed by atoms with van der Waals surface area (Å²) < 4.78 is 0. The number of hydrogen-bond donors (Lipinski definition) is 1. The van der Waals surface area contributed by atoms with Crippen molar-refractivity contribution in [2.75, 3.05) is 0 Å². The molecule has 0 amide bonds. The van der Waals surface area contributed by atoms with Gasteiger partial charge in [0, 0.05) is 22.8 Å². The lowest BCUT2D eigenvalue weighted by molar-refractivity contribution is 0.583. The molecule has 0 saturated carbocycles. The molecule has 0 radical (unpaired) electrons. The molecule has 0 bridgehead atoms. The van der Waals surface area contributed by atoms with Crippen molar-refractivity contribution in [2.45, 2.75) is 52.6 Å². The van der Waals surface area contributed by atoms with Crippen LogP contribution < -0.4 is 5.32 Å². The Kier molecular flexibility index (Phi) is 4.43. The largest absolute Gasteiger partial charge is 0.309 e. The fourth-order valence-electron chi connectivity index (χ4n) is 1.67. The molecule has 0 fully saturated rings. The summed E-state index contributed by atoms with van der Waals surface area (Å²) >= 11 is 3.60. The smallest absolute Gasteiger partial charge is 0.133 e. The van der Waals surface area contributed by atoms with Gasteiger partial charge in [-0.1, -0.05) is 34.6 Å². The lowest BCUT2D eigenvalue weighted by Gasteiger charge is -2.15. The van der Waals surface area contributed by atoms with Crippen LogP contribution in [0, 0.1) is 0 Å². The summed E-state index contributed by atoms with van der Waals surface area (Å²) in [4.78, 5) is 7.41. The van der Waals surface area contributed by atoms with Crippen LogP contribution in [-0.2, 0) is 12.0 Å². The van der Waals surface area contributed by atoms with Crippen molar-refractivity contribution in [1.82, 2.24) is 10.3 Å². The van der Waals surface area contributed by atoms with E-state index in [1.165, 1.54) is 9.75 Å². The highest BCUT2D eigenvalue weighted by Gasteiger charge is 2.17. The zero-order valence-corrected chi connectivity index (χ0v) is 13.9. The van der Waals surface area contributed by atoms with Crippen molar-refractivity contribution in [3.05, 3.63) is 28.1 Å². The van der Waals surface area contributed by atoms with Gasteiger partial charge in [-0.15, -0.1) is 22.7 Å². The van der Waals surface area contributed by atoms with Crippen LogP contribution in [0.25, 0.3) is 9.88 Å². The summed E-state index contributed by atoms with van der Waals surface area (Å²) in [6.45, 7) is 11.9. The topological polar surface area (TPSA) is 24.9 Å². The van der Waals surface area contributed by atoms with E-state index in [1.54, 1.807) is 11.3 Å². The molecule has 4 heteroatoms. The van der Waals surface area contributed by atoms with Crippen molar-refractivity contribution in [3.8, 4) is 9.88 Å². The lowest BCUT2D eigenvalue weighted by Crippen LogP contribution is -2.21. The second-order valence-corrected chi connectivity index (χ2v) is 8.04. The maximum atomic E-state index is 4.71. The quantitative estimate of drug-likeness (QED) is 0.886. The first-order chi connectivity index (χ1) is 8.86. The number of nitrogens with zero attached hydrogens (tertiary/aromatic N) is 1. The van der Waals surface area contributed by atoms with E-state index in [0.717, 1.165) is 17.2 Å². The van der Waals surface area contributed by atoms with Crippen LogP contribution >= 0.6 is 22.7 Å². The molecule has 0 saturated heterocycles. The third-order valence-electron chi connectivity index (χ3n) is 2.80. The molecule has 2 aromatic rings. The average Bonchev–Trinajstić information content (AvgIpc) is 2.94. The van der Waals surface area contributed by atoms with E-state index in [9.17, 15) is 0 Å². The van der Waals surface area contributed by atoms with Crippen LogP contribution in [0.5, 0.6) is 0 Å². The third kappa shape index (κ3) is 3.88. The third-order valence-corrected chi connectivity index (χ3v) is 5.37. The van der Waals surface area contributed by atoms with Gasteiger partial charge in [0.25, 0.3) is 0 Å². The predicted molar refractivity (Wildman–Crippen MR) is 86.1 cm³/mol. The second kappa shape index (κ2) is 5.73. The van der Waals surface area contributed by atoms with E-state index in [2.05, 4.69) is 57.4 Å². The van der Waals surface area contributed by atoms with Gasteiger partial charge in [0.2, 0.25) is 0 Å². The molecule has 0 aliphatic heterocycles. The molecule has 2 aromatic heterocycles. The fourth-order valence-corrected chi connectivity index (χ4v) is 3.62. The number of nitrogens with one attached hydrogen (secondary N) is 1. The van der Waals surface area contributed by atoms with E-state index in [1.807, 2.05) is 11.3 Å². The van der Waals surface area contributed by atoms with Crippen molar-refractivity contribution < 1.29 is 0 Å². The molecule has 0 aromatic carbocycles. The first-order valence-electron chi connectivity index (χ1n) is 6.65. The van der Waals surface area contributed by atoms with Gasteiger partial charge in [-0.3, -0.25) is 0 Å². The Morgan fingerprint density at radius 3 is 2.58 bits per heavy atom. The zero-order valence-electron chi connectivity index (χ0n) is 12.3. The molecular formula is C15H22N2S2. The number of rotatable bonds is 4. The van der Waals surface area contributed by atoms with E-state index in [0.29, 0.717) is 6.04 Å². The van der Waals surface area contributed by atoms with E-state index >= 15 is 0 Å². The Morgan fingerprint density at radius 2 is 2.00 bits per heavy atom. The number of aromatic nitrogens is 1. The predicted octanol–water partition coefficient (Wildman–Crippen LogP) is 4.67. The molecule has 0 unspecified atom stereocenters.